The van der Waals surface area contributed by atoms with Gasteiger partial charge in [-0.2, -0.15) is 0 Å². The molecule has 17 heavy (non-hydrogen) atoms. The van der Waals surface area contributed by atoms with Crippen molar-refractivity contribution >= 4 is 22.0 Å². The summed E-state index contributed by atoms with van der Waals surface area (Å²) in [4.78, 5) is 0. The van der Waals surface area contributed by atoms with Gasteiger partial charge >= 0.3 is 0 Å². The van der Waals surface area contributed by atoms with Gasteiger partial charge in [-0.05, 0) is 17.4 Å². The van der Waals surface area contributed by atoms with Crippen LogP contribution in [0.25, 0.3) is 6.08 Å². The highest BCUT2D eigenvalue weighted by Crippen LogP contribution is 2.13. The average Bonchev–Trinajstić information content (AvgIpc) is 2.34. The second-order valence-corrected chi connectivity index (χ2v) is 5.16. The van der Waals surface area contributed by atoms with E-state index in [1.165, 1.54) is 5.56 Å². The van der Waals surface area contributed by atoms with E-state index in [0.29, 0.717) is 18.4 Å². The van der Waals surface area contributed by atoms with Crippen molar-refractivity contribution in [3.05, 3.63) is 42.0 Å². The number of hydrogen-bond acceptors (Lipinski definition) is 1. The Morgan fingerprint density at radius 1 is 1.24 bits per heavy atom. The predicted molar refractivity (Wildman–Crippen MR) is 78.4 cm³/mol. The molecule has 1 nitrogen and oxygen atoms in total. The lowest BCUT2D eigenvalue weighted by atomic mass is 9.99. The first-order valence-corrected chi connectivity index (χ1v) is 7.21. The van der Waals surface area contributed by atoms with Crippen LogP contribution >= 0.6 is 15.9 Å². The largest absolute Gasteiger partial charge is 0.377 e. The fourth-order valence-corrected chi connectivity index (χ4v) is 2.39. The van der Waals surface area contributed by atoms with Crippen LogP contribution in [0, 0.1) is 11.8 Å². The molecule has 1 aromatic carbocycles. The number of ether oxygens (including phenoxy) is 1. The van der Waals surface area contributed by atoms with Gasteiger partial charge in [0.15, 0.2) is 0 Å². The summed E-state index contributed by atoms with van der Waals surface area (Å²) >= 11 is 3.52. The minimum Gasteiger partial charge on any atom is -0.377 e. The van der Waals surface area contributed by atoms with Crippen LogP contribution in [0.15, 0.2) is 36.4 Å². The highest BCUT2D eigenvalue weighted by atomic mass is 79.9. The summed E-state index contributed by atoms with van der Waals surface area (Å²) in [6, 6.07) is 10.3. The summed E-state index contributed by atoms with van der Waals surface area (Å²) in [5.41, 5.74) is 1.22. The van der Waals surface area contributed by atoms with Crippen molar-refractivity contribution in [2.45, 2.75) is 13.8 Å². The van der Waals surface area contributed by atoms with Gasteiger partial charge in [-0.1, -0.05) is 72.3 Å². The van der Waals surface area contributed by atoms with E-state index in [1.807, 2.05) is 18.2 Å². The minimum atomic E-state index is 0.597. The fourth-order valence-electron chi connectivity index (χ4n) is 1.45. The molecule has 0 N–H and O–H groups in total. The Morgan fingerprint density at radius 2 is 1.94 bits per heavy atom. The Bertz CT molecular complexity index is 319. The molecule has 2 heteroatoms. The molecule has 0 spiro atoms. The molecule has 1 atom stereocenters. The smallest absolute Gasteiger partial charge is 0.0650 e. The van der Waals surface area contributed by atoms with Crippen LogP contribution in [0.3, 0.4) is 0 Å². The maximum atomic E-state index is 5.65. The number of rotatable bonds is 7. The standard InChI is InChI=1S/C15H21BrO/c1-13(2)15(11-16)12-17-10-6-9-14-7-4-3-5-8-14/h3-9,13,15H,10-12H2,1-2H3. The van der Waals surface area contributed by atoms with E-state index in [0.717, 1.165) is 11.9 Å². The van der Waals surface area contributed by atoms with Crippen molar-refractivity contribution in [1.82, 2.24) is 0 Å². The summed E-state index contributed by atoms with van der Waals surface area (Å²) in [5.74, 6) is 1.26. The number of alkyl halides is 1. The fraction of sp³-hybridized carbons (Fsp3) is 0.467. The molecule has 1 unspecified atom stereocenters. The predicted octanol–water partition coefficient (Wildman–Crippen LogP) is 4.38. The molecule has 0 aromatic heterocycles. The molecule has 0 amide bonds. The molecule has 1 rings (SSSR count). The van der Waals surface area contributed by atoms with Gasteiger partial charge in [0.05, 0.1) is 13.2 Å². The number of benzene rings is 1. The van der Waals surface area contributed by atoms with Gasteiger partial charge in [0.1, 0.15) is 0 Å². The first-order chi connectivity index (χ1) is 8.24. The SMILES string of the molecule is CC(C)C(CBr)COCC=Cc1ccccc1. The van der Waals surface area contributed by atoms with E-state index in [2.05, 4.69) is 54.1 Å². The van der Waals surface area contributed by atoms with Gasteiger partial charge in [0.25, 0.3) is 0 Å². The van der Waals surface area contributed by atoms with Gasteiger partial charge in [-0.3, -0.25) is 0 Å². The average molecular weight is 297 g/mol. The van der Waals surface area contributed by atoms with Crippen molar-refractivity contribution in [3.8, 4) is 0 Å². The second-order valence-electron chi connectivity index (χ2n) is 4.51. The molecule has 0 heterocycles. The molecule has 0 radical (unpaired) electrons. The second kappa shape index (κ2) is 8.48. The molecular weight excluding hydrogens is 276 g/mol. The molecule has 0 bridgehead atoms. The topological polar surface area (TPSA) is 9.23 Å². The first-order valence-electron chi connectivity index (χ1n) is 6.09. The zero-order chi connectivity index (χ0) is 12.5. The Kier molecular flexibility index (Phi) is 7.22. The monoisotopic (exact) mass is 296 g/mol. The maximum Gasteiger partial charge on any atom is 0.0650 e. The summed E-state index contributed by atoms with van der Waals surface area (Å²) in [6.45, 7) is 5.97. The first kappa shape index (κ1) is 14.5. The molecule has 0 saturated heterocycles. The van der Waals surface area contributed by atoms with Crippen LogP contribution < -0.4 is 0 Å². The van der Waals surface area contributed by atoms with Crippen molar-refractivity contribution < 1.29 is 4.74 Å². The summed E-state index contributed by atoms with van der Waals surface area (Å²) in [6.07, 6.45) is 4.17. The van der Waals surface area contributed by atoms with E-state index in [1.54, 1.807) is 0 Å². The van der Waals surface area contributed by atoms with Gasteiger partial charge < -0.3 is 4.74 Å². The zero-order valence-corrected chi connectivity index (χ0v) is 12.2. The quantitative estimate of drug-likeness (QED) is 0.536. The molecule has 0 aliphatic rings. The van der Waals surface area contributed by atoms with Crippen molar-refractivity contribution in [2.24, 2.45) is 11.8 Å². The van der Waals surface area contributed by atoms with Crippen LogP contribution in [0.1, 0.15) is 19.4 Å². The summed E-state index contributed by atoms with van der Waals surface area (Å²) in [7, 11) is 0. The minimum absolute atomic E-state index is 0.597. The molecule has 94 valence electrons. The Morgan fingerprint density at radius 3 is 2.53 bits per heavy atom. The van der Waals surface area contributed by atoms with Crippen LogP contribution in [0.2, 0.25) is 0 Å². The van der Waals surface area contributed by atoms with Crippen molar-refractivity contribution in [3.63, 3.8) is 0 Å². The third kappa shape index (κ3) is 6.04. The van der Waals surface area contributed by atoms with E-state index in [9.17, 15) is 0 Å². The lowest BCUT2D eigenvalue weighted by Gasteiger charge is -2.17. The molecule has 1 aromatic rings. The van der Waals surface area contributed by atoms with Crippen molar-refractivity contribution in [2.75, 3.05) is 18.5 Å². The van der Waals surface area contributed by atoms with Crippen LogP contribution in [-0.4, -0.2) is 18.5 Å². The zero-order valence-electron chi connectivity index (χ0n) is 10.6. The van der Waals surface area contributed by atoms with Gasteiger partial charge in [-0.25, -0.2) is 0 Å². The maximum absolute atomic E-state index is 5.65. The van der Waals surface area contributed by atoms with Gasteiger partial charge in [-0.15, -0.1) is 0 Å². The normalized spacial score (nSPS) is 13.4. The lowest BCUT2D eigenvalue weighted by Crippen LogP contribution is -2.17. The highest BCUT2D eigenvalue weighted by Gasteiger charge is 2.10. The summed E-state index contributed by atoms with van der Waals surface area (Å²) in [5, 5.41) is 1.01. The number of hydrogen-bond donors (Lipinski definition) is 0. The Labute approximate surface area is 113 Å². The molecule has 0 aliphatic heterocycles. The molecule has 0 saturated carbocycles. The van der Waals surface area contributed by atoms with E-state index >= 15 is 0 Å². The highest BCUT2D eigenvalue weighted by molar-refractivity contribution is 9.09. The van der Waals surface area contributed by atoms with E-state index < -0.39 is 0 Å². The van der Waals surface area contributed by atoms with Crippen LogP contribution in [0.5, 0.6) is 0 Å². The Hall–Kier alpha value is -0.600. The lowest BCUT2D eigenvalue weighted by molar-refractivity contribution is 0.114. The van der Waals surface area contributed by atoms with E-state index in [-0.39, 0.29) is 0 Å². The van der Waals surface area contributed by atoms with E-state index in [4.69, 9.17) is 4.74 Å². The summed E-state index contributed by atoms with van der Waals surface area (Å²) < 4.78 is 5.65. The molecule has 0 fully saturated rings. The van der Waals surface area contributed by atoms with Gasteiger partial charge in [0.2, 0.25) is 0 Å². The molecular formula is C15H21BrO. The third-order valence-corrected chi connectivity index (χ3v) is 3.63. The third-order valence-electron chi connectivity index (χ3n) is 2.80. The van der Waals surface area contributed by atoms with Crippen LogP contribution in [0.4, 0.5) is 0 Å². The van der Waals surface area contributed by atoms with Gasteiger partial charge in [0, 0.05) is 5.33 Å². The number of halogens is 1. The van der Waals surface area contributed by atoms with Crippen LogP contribution in [-0.2, 0) is 4.74 Å². The van der Waals surface area contributed by atoms with Crippen molar-refractivity contribution in [1.29, 1.82) is 0 Å². The molecule has 0 aliphatic carbocycles. The Balaban J connectivity index is 2.22.